The average molecular weight is 285 g/mol. The summed E-state index contributed by atoms with van der Waals surface area (Å²) in [6, 6.07) is 6.96. The van der Waals surface area contributed by atoms with Crippen LogP contribution in [0.3, 0.4) is 0 Å². The van der Waals surface area contributed by atoms with Gasteiger partial charge in [-0.05, 0) is 49.3 Å². The van der Waals surface area contributed by atoms with Gasteiger partial charge in [-0.25, -0.2) is 0 Å². The largest absolute Gasteiger partial charge is 0.371 e. The van der Waals surface area contributed by atoms with E-state index in [1.54, 1.807) is 0 Å². The van der Waals surface area contributed by atoms with Gasteiger partial charge in [-0.2, -0.15) is 11.8 Å². The lowest BCUT2D eigenvalue weighted by Crippen LogP contribution is -2.32. The lowest BCUT2D eigenvalue weighted by atomic mass is 10.0. The first kappa shape index (κ1) is 14.0. The van der Waals surface area contributed by atoms with E-state index in [0.29, 0.717) is 6.04 Å². The number of thioether (sulfide) groups is 1. The highest BCUT2D eigenvalue weighted by atomic mass is 35.5. The molecular weight excluding hydrogens is 264 g/mol. The Morgan fingerprint density at radius 2 is 2.33 bits per heavy atom. The molecule has 18 heavy (non-hydrogen) atoms. The zero-order valence-electron chi connectivity index (χ0n) is 11.0. The molecule has 0 spiro atoms. The Morgan fingerprint density at radius 3 is 2.94 bits per heavy atom. The molecule has 2 rings (SSSR count). The van der Waals surface area contributed by atoms with Crippen molar-refractivity contribution in [3.8, 4) is 0 Å². The van der Waals surface area contributed by atoms with E-state index in [-0.39, 0.29) is 6.04 Å². The molecule has 1 aliphatic rings. The molecule has 0 amide bonds. The molecule has 0 aromatic heterocycles. The zero-order chi connectivity index (χ0) is 13.1. The molecule has 2 nitrogen and oxygen atoms in total. The van der Waals surface area contributed by atoms with E-state index in [2.05, 4.69) is 24.1 Å². The van der Waals surface area contributed by atoms with Gasteiger partial charge in [0.2, 0.25) is 0 Å². The van der Waals surface area contributed by atoms with Crippen LogP contribution in [0, 0.1) is 0 Å². The highest BCUT2D eigenvalue weighted by Gasteiger charge is 2.22. The average Bonchev–Trinajstić information content (AvgIpc) is 2.81. The summed E-state index contributed by atoms with van der Waals surface area (Å²) in [6.45, 7) is 2.04. The second-order valence-corrected chi connectivity index (χ2v) is 6.67. The third-order valence-corrected chi connectivity index (χ3v) is 4.80. The molecule has 4 heteroatoms. The van der Waals surface area contributed by atoms with Crippen LogP contribution in [0.1, 0.15) is 18.9 Å². The second kappa shape index (κ2) is 6.18. The normalized spacial score (nSPS) is 21.0. The van der Waals surface area contributed by atoms with E-state index in [1.807, 2.05) is 24.8 Å². The van der Waals surface area contributed by atoms with Gasteiger partial charge in [0.1, 0.15) is 0 Å². The van der Waals surface area contributed by atoms with Gasteiger partial charge < -0.3 is 10.6 Å². The quantitative estimate of drug-likeness (QED) is 0.921. The van der Waals surface area contributed by atoms with Gasteiger partial charge >= 0.3 is 0 Å². The Morgan fingerprint density at radius 1 is 1.56 bits per heavy atom. The number of anilines is 1. The lowest BCUT2D eigenvalue weighted by Gasteiger charge is -2.29. The fourth-order valence-corrected chi connectivity index (χ4v) is 3.90. The maximum absolute atomic E-state index is 6.10. The predicted octanol–water partition coefficient (Wildman–Crippen LogP) is 3.17. The summed E-state index contributed by atoms with van der Waals surface area (Å²) in [5.41, 5.74) is 8.47. The minimum Gasteiger partial charge on any atom is -0.371 e. The Hall–Kier alpha value is -0.380. The highest BCUT2D eigenvalue weighted by molar-refractivity contribution is 7.99. The van der Waals surface area contributed by atoms with Crippen LogP contribution < -0.4 is 10.6 Å². The van der Waals surface area contributed by atoms with Crippen molar-refractivity contribution in [3.05, 3.63) is 28.8 Å². The maximum atomic E-state index is 6.10. The molecule has 2 N–H and O–H groups in total. The van der Waals surface area contributed by atoms with Crippen molar-refractivity contribution >= 4 is 29.1 Å². The molecule has 2 unspecified atom stereocenters. The van der Waals surface area contributed by atoms with Crippen LogP contribution in [0.25, 0.3) is 0 Å². The first-order valence-electron chi connectivity index (χ1n) is 6.42. The van der Waals surface area contributed by atoms with E-state index in [9.17, 15) is 0 Å². The molecule has 2 atom stereocenters. The number of halogens is 1. The van der Waals surface area contributed by atoms with Crippen LogP contribution >= 0.6 is 23.4 Å². The Balaban J connectivity index is 2.24. The van der Waals surface area contributed by atoms with Gasteiger partial charge in [-0.15, -0.1) is 0 Å². The smallest absolute Gasteiger partial charge is 0.0410 e. The zero-order valence-corrected chi connectivity index (χ0v) is 12.6. The van der Waals surface area contributed by atoms with E-state index in [1.165, 1.54) is 29.2 Å². The van der Waals surface area contributed by atoms with E-state index in [4.69, 9.17) is 17.3 Å². The second-order valence-electron chi connectivity index (χ2n) is 5.08. The molecular formula is C14H21ClN2S. The van der Waals surface area contributed by atoms with Gasteiger partial charge in [0.15, 0.2) is 0 Å². The van der Waals surface area contributed by atoms with Crippen molar-refractivity contribution in [3.63, 3.8) is 0 Å². The standard InChI is InChI=1S/C14H21ClN2S/c1-10(16)7-11-8-12(15)3-4-14(11)17(2)13-5-6-18-9-13/h3-4,8,10,13H,5-7,9,16H2,1-2H3. The van der Waals surface area contributed by atoms with Crippen molar-refractivity contribution in [1.29, 1.82) is 0 Å². The summed E-state index contributed by atoms with van der Waals surface area (Å²) in [6.07, 6.45) is 2.14. The maximum Gasteiger partial charge on any atom is 0.0410 e. The molecule has 0 aliphatic carbocycles. The molecule has 1 aliphatic heterocycles. The summed E-state index contributed by atoms with van der Waals surface area (Å²) in [5, 5.41) is 0.795. The molecule has 1 fully saturated rings. The van der Waals surface area contributed by atoms with Crippen molar-refractivity contribution in [2.24, 2.45) is 5.73 Å². The molecule has 100 valence electrons. The summed E-state index contributed by atoms with van der Waals surface area (Å²) in [5.74, 6) is 2.49. The van der Waals surface area contributed by atoms with Crippen LogP contribution in [0.2, 0.25) is 5.02 Å². The third-order valence-electron chi connectivity index (χ3n) is 3.42. The molecule has 1 aromatic carbocycles. The number of rotatable bonds is 4. The van der Waals surface area contributed by atoms with Gasteiger partial charge in [-0.1, -0.05) is 11.6 Å². The molecule has 0 radical (unpaired) electrons. The third kappa shape index (κ3) is 3.34. The first-order valence-corrected chi connectivity index (χ1v) is 7.96. The molecule has 1 heterocycles. The Bertz CT molecular complexity index is 403. The lowest BCUT2D eigenvalue weighted by molar-refractivity contribution is 0.686. The van der Waals surface area contributed by atoms with Gasteiger partial charge in [0, 0.05) is 35.6 Å². The predicted molar refractivity (Wildman–Crippen MR) is 82.9 cm³/mol. The van der Waals surface area contributed by atoms with Crippen LogP contribution in [0.15, 0.2) is 18.2 Å². The summed E-state index contributed by atoms with van der Waals surface area (Å²) in [4.78, 5) is 2.40. The molecule has 0 bridgehead atoms. The van der Waals surface area contributed by atoms with Crippen LogP contribution in [0.4, 0.5) is 5.69 Å². The van der Waals surface area contributed by atoms with Gasteiger partial charge in [-0.3, -0.25) is 0 Å². The Labute approximate surface area is 119 Å². The van der Waals surface area contributed by atoms with E-state index in [0.717, 1.165) is 11.4 Å². The van der Waals surface area contributed by atoms with Gasteiger partial charge in [0.25, 0.3) is 0 Å². The first-order chi connectivity index (χ1) is 8.58. The number of hydrogen-bond acceptors (Lipinski definition) is 3. The molecule has 1 aromatic rings. The number of benzene rings is 1. The van der Waals surface area contributed by atoms with Crippen molar-refractivity contribution < 1.29 is 0 Å². The van der Waals surface area contributed by atoms with Gasteiger partial charge in [0.05, 0.1) is 0 Å². The van der Waals surface area contributed by atoms with Crippen LogP contribution in [-0.4, -0.2) is 30.6 Å². The number of nitrogens with zero attached hydrogens (tertiary/aromatic N) is 1. The fraction of sp³-hybridized carbons (Fsp3) is 0.571. The van der Waals surface area contributed by atoms with Crippen LogP contribution in [0.5, 0.6) is 0 Å². The fourth-order valence-electron chi connectivity index (χ4n) is 2.43. The number of hydrogen-bond donors (Lipinski definition) is 1. The Kier molecular flexibility index (Phi) is 4.82. The van der Waals surface area contributed by atoms with Crippen molar-refractivity contribution in [2.75, 3.05) is 23.5 Å². The monoisotopic (exact) mass is 284 g/mol. The minimum absolute atomic E-state index is 0.161. The SMILES string of the molecule is CC(N)Cc1cc(Cl)ccc1N(C)C1CCSC1. The summed E-state index contributed by atoms with van der Waals surface area (Å²) in [7, 11) is 2.18. The van der Waals surface area contributed by atoms with Crippen molar-refractivity contribution in [1.82, 2.24) is 0 Å². The summed E-state index contributed by atoms with van der Waals surface area (Å²) < 4.78 is 0. The summed E-state index contributed by atoms with van der Waals surface area (Å²) >= 11 is 8.14. The topological polar surface area (TPSA) is 29.3 Å². The van der Waals surface area contributed by atoms with E-state index < -0.39 is 0 Å². The number of nitrogens with two attached hydrogens (primary N) is 1. The van der Waals surface area contributed by atoms with Crippen LogP contribution in [-0.2, 0) is 6.42 Å². The molecule has 0 saturated carbocycles. The highest BCUT2D eigenvalue weighted by Crippen LogP contribution is 2.30. The minimum atomic E-state index is 0.161. The van der Waals surface area contributed by atoms with Crippen molar-refractivity contribution in [2.45, 2.75) is 31.8 Å². The molecule has 1 saturated heterocycles. The van der Waals surface area contributed by atoms with E-state index >= 15 is 0 Å².